The van der Waals surface area contributed by atoms with E-state index in [4.69, 9.17) is 11.6 Å². The zero-order valence-electron chi connectivity index (χ0n) is 9.50. The molecule has 0 radical (unpaired) electrons. The Morgan fingerprint density at radius 3 is 2.27 bits per heavy atom. The molecule has 1 heteroatoms. The van der Waals surface area contributed by atoms with Crippen LogP contribution in [-0.4, -0.2) is 0 Å². The molecule has 0 aliphatic heterocycles. The molecular weight excluding hydrogens is 204 g/mol. The van der Waals surface area contributed by atoms with Gasteiger partial charge >= 0.3 is 0 Å². The Kier molecular flexibility index (Phi) is 2.64. The van der Waals surface area contributed by atoms with Gasteiger partial charge < -0.3 is 0 Å². The second-order valence-corrected chi connectivity index (χ2v) is 5.42. The molecule has 2 rings (SSSR count). The third kappa shape index (κ3) is 1.96. The quantitative estimate of drug-likeness (QED) is 0.686. The zero-order chi connectivity index (χ0) is 11.1. The first-order chi connectivity index (χ1) is 7.03. The van der Waals surface area contributed by atoms with Crippen LogP contribution in [0, 0.1) is 17.3 Å². The molecule has 0 spiro atoms. The van der Waals surface area contributed by atoms with Crippen molar-refractivity contribution in [2.24, 2.45) is 17.3 Å². The molecule has 0 N–H and O–H groups in total. The van der Waals surface area contributed by atoms with Crippen LogP contribution in [0.3, 0.4) is 0 Å². The molecule has 1 fully saturated rings. The standard InChI is InChI=1S/C14H17Cl/c1-10-12(14(10,2)3)9-13(15)11-7-5-4-6-8-11/h4-10,12H,1-3H3. The van der Waals surface area contributed by atoms with E-state index in [0.717, 1.165) is 16.5 Å². The smallest absolute Gasteiger partial charge is 0.0441 e. The van der Waals surface area contributed by atoms with Gasteiger partial charge in [0.2, 0.25) is 0 Å². The van der Waals surface area contributed by atoms with Crippen molar-refractivity contribution in [2.45, 2.75) is 20.8 Å². The van der Waals surface area contributed by atoms with Crippen molar-refractivity contribution in [1.29, 1.82) is 0 Å². The molecule has 1 aliphatic carbocycles. The van der Waals surface area contributed by atoms with E-state index in [1.807, 2.05) is 18.2 Å². The molecule has 2 atom stereocenters. The van der Waals surface area contributed by atoms with Crippen molar-refractivity contribution < 1.29 is 0 Å². The SMILES string of the molecule is CC1C(C=C(Cl)c2ccccc2)C1(C)C. The Labute approximate surface area is 97.0 Å². The number of benzene rings is 1. The fourth-order valence-electron chi connectivity index (χ4n) is 2.15. The number of halogens is 1. The minimum absolute atomic E-state index is 0.426. The number of allylic oxidation sites excluding steroid dienone is 1. The van der Waals surface area contributed by atoms with Gasteiger partial charge in [-0.3, -0.25) is 0 Å². The molecule has 2 unspecified atom stereocenters. The Hall–Kier alpha value is -0.750. The summed E-state index contributed by atoms with van der Waals surface area (Å²) in [6.07, 6.45) is 2.21. The Morgan fingerprint density at radius 2 is 1.80 bits per heavy atom. The third-order valence-electron chi connectivity index (χ3n) is 3.84. The van der Waals surface area contributed by atoms with Crippen LogP contribution >= 0.6 is 11.6 Å². The predicted molar refractivity (Wildman–Crippen MR) is 66.7 cm³/mol. The molecule has 0 amide bonds. The van der Waals surface area contributed by atoms with Crippen LogP contribution in [0.4, 0.5) is 0 Å². The van der Waals surface area contributed by atoms with Crippen LogP contribution in [0.5, 0.6) is 0 Å². The van der Waals surface area contributed by atoms with Crippen molar-refractivity contribution in [3.63, 3.8) is 0 Å². The normalized spacial score (nSPS) is 28.9. The molecule has 0 bridgehead atoms. The number of hydrogen-bond donors (Lipinski definition) is 0. The van der Waals surface area contributed by atoms with E-state index in [0.29, 0.717) is 11.3 Å². The topological polar surface area (TPSA) is 0 Å². The maximum atomic E-state index is 6.29. The summed E-state index contributed by atoms with van der Waals surface area (Å²) in [5.74, 6) is 1.38. The average molecular weight is 221 g/mol. The first-order valence-electron chi connectivity index (χ1n) is 5.46. The fourth-order valence-corrected chi connectivity index (χ4v) is 2.41. The minimum atomic E-state index is 0.426. The van der Waals surface area contributed by atoms with Gasteiger partial charge in [-0.05, 0) is 22.8 Å². The Balaban J connectivity index is 2.17. The maximum Gasteiger partial charge on any atom is 0.0441 e. The van der Waals surface area contributed by atoms with E-state index in [1.54, 1.807) is 0 Å². The van der Waals surface area contributed by atoms with Crippen molar-refractivity contribution >= 4 is 16.6 Å². The van der Waals surface area contributed by atoms with Crippen LogP contribution in [0.15, 0.2) is 36.4 Å². The summed E-state index contributed by atoms with van der Waals surface area (Å²) in [7, 11) is 0. The fraction of sp³-hybridized carbons (Fsp3) is 0.429. The highest BCUT2D eigenvalue weighted by molar-refractivity contribution is 6.48. The molecule has 0 aromatic heterocycles. The lowest BCUT2D eigenvalue weighted by atomic mass is 10.1. The number of hydrogen-bond acceptors (Lipinski definition) is 0. The van der Waals surface area contributed by atoms with E-state index >= 15 is 0 Å². The molecule has 0 heterocycles. The second-order valence-electron chi connectivity index (χ2n) is 5.02. The molecule has 1 saturated carbocycles. The first kappa shape index (κ1) is 10.8. The predicted octanol–water partition coefficient (Wildman–Crippen LogP) is 4.56. The van der Waals surface area contributed by atoms with Gasteiger partial charge in [0, 0.05) is 5.03 Å². The summed E-state index contributed by atoms with van der Waals surface area (Å²) in [5.41, 5.74) is 1.55. The molecule has 15 heavy (non-hydrogen) atoms. The van der Waals surface area contributed by atoms with E-state index in [-0.39, 0.29) is 0 Å². The summed E-state index contributed by atoms with van der Waals surface area (Å²) in [4.78, 5) is 0. The van der Waals surface area contributed by atoms with Crippen LogP contribution < -0.4 is 0 Å². The van der Waals surface area contributed by atoms with Crippen molar-refractivity contribution in [2.75, 3.05) is 0 Å². The van der Waals surface area contributed by atoms with E-state index in [1.165, 1.54) is 0 Å². The summed E-state index contributed by atoms with van der Waals surface area (Å²) in [6, 6.07) is 10.2. The molecule has 80 valence electrons. The second kappa shape index (κ2) is 3.68. The van der Waals surface area contributed by atoms with Gasteiger partial charge in [0.25, 0.3) is 0 Å². The van der Waals surface area contributed by atoms with Crippen LogP contribution in [0.25, 0.3) is 5.03 Å². The Morgan fingerprint density at radius 1 is 1.27 bits per heavy atom. The first-order valence-corrected chi connectivity index (χ1v) is 5.84. The van der Waals surface area contributed by atoms with Gasteiger partial charge in [0.1, 0.15) is 0 Å². The molecule has 1 aromatic rings. The van der Waals surface area contributed by atoms with E-state index in [9.17, 15) is 0 Å². The summed E-state index contributed by atoms with van der Waals surface area (Å²) < 4.78 is 0. The molecular formula is C14H17Cl. The lowest BCUT2D eigenvalue weighted by Gasteiger charge is -2.00. The molecule has 0 nitrogen and oxygen atoms in total. The number of rotatable bonds is 2. The van der Waals surface area contributed by atoms with Crippen LogP contribution in [0.1, 0.15) is 26.3 Å². The van der Waals surface area contributed by atoms with E-state index < -0.39 is 0 Å². The lowest BCUT2D eigenvalue weighted by molar-refractivity contribution is 0.570. The summed E-state index contributed by atoms with van der Waals surface area (Å²) >= 11 is 6.29. The summed E-state index contributed by atoms with van der Waals surface area (Å²) in [5, 5.41) is 0.887. The van der Waals surface area contributed by atoms with Gasteiger partial charge in [0.15, 0.2) is 0 Å². The monoisotopic (exact) mass is 220 g/mol. The van der Waals surface area contributed by atoms with Crippen LogP contribution in [-0.2, 0) is 0 Å². The minimum Gasteiger partial charge on any atom is -0.0840 e. The third-order valence-corrected chi connectivity index (χ3v) is 4.18. The summed E-state index contributed by atoms with van der Waals surface area (Å²) in [6.45, 7) is 6.89. The largest absolute Gasteiger partial charge is 0.0840 e. The highest BCUT2D eigenvalue weighted by Gasteiger charge is 2.52. The highest BCUT2D eigenvalue weighted by Crippen LogP contribution is 2.59. The maximum absolute atomic E-state index is 6.29. The van der Waals surface area contributed by atoms with Gasteiger partial charge in [-0.15, -0.1) is 0 Å². The molecule has 1 aromatic carbocycles. The Bertz CT molecular complexity index is 376. The van der Waals surface area contributed by atoms with Crippen molar-refractivity contribution in [3.05, 3.63) is 42.0 Å². The van der Waals surface area contributed by atoms with Gasteiger partial charge in [-0.1, -0.05) is 68.8 Å². The lowest BCUT2D eigenvalue weighted by Crippen LogP contribution is -1.88. The van der Waals surface area contributed by atoms with Crippen molar-refractivity contribution in [1.82, 2.24) is 0 Å². The van der Waals surface area contributed by atoms with Crippen molar-refractivity contribution in [3.8, 4) is 0 Å². The van der Waals surface area contributed by atoms with Gasteiger partial charge in [0.05, 0.1) is 0 Å². The average Bonchev–Trinajstić information content (AvgIpc) is 2.69. The van der Waals surface area contributed by atoms with Gasteiger partial charge in [-0.25, -0.2) is 0 Å². The zero-order valence-corrected chi connectivity index (χ0v) is 10.3. The highest BCUT2D eigenvalue weighted by atomic mass is 35.5. The van der Waals surface area contributed by atoms with E-state index in [2.05, 4.69) is 39.0 Å². The van der Waals surface area contributed by atoms with Gasteiger partial charge in [-0.2, -0.15) is 0 Å². The molecule has 0 saturated heterocycles. The van der Waals surface area contributed by atoms with Crippen LogP contribution in [0.2, 0.25) is 0 Å². The molecule has 1 aliphatic rings.